The Hall–Kier alpha value is -2.70. The van der Waals surface area contributed by atoms with Gasteiger partial charge in [0.1, 0.15) is 0 Å². The maximum atomic E-state index is 12.6. The molecular weight excluding hydrogens is 356 g/mol. The van der Waals surface area contributed by atoms with Crippen LogP contribution >= 0.6 is 0 Å². The summed E-state index contributed by atoms with van der Waals surface area (Å²) in [5.41, 5.74) is 2.01. The monoisotopic (exact) mass is 384 g/mol. The number of hydroxylamine groups is 2. The lowest BCUT2D eigenvalue weighted by Gasteiger charge is -2.32. The second-order valence-corrected chi connectivity index (χ2v) is 6.40. The highest BCUT2D eigenvalue weighted by molar-refractivity contribution is 5.77. The number of hydrogen-bond donors (Lipinski definition) is 0. The van der Waals surface area contributed by atoms with E-state index in [0.29, 0.717) is 13.2 Å². The second kappa shape index (κ2) is 11.2. The van der Waals surface area contributed by atoms with Crippen LogP contribution in [0.15, 0.2) is 60.7 Å². The maximum absolute atomic E-state index is 12.6. The number of nitrogens with zero attached hydrogens (tertiary/aromatic N) is 2. The number of hydrogen-bond acceptors (Lipinski definition) is 5. The number of benzene rings is 2. The van der Waals surface area contributed by atoms with Gasteiger partial charge in [0.15, 0.2) is 0 Å². The van der Waals surface area contributed by atoms with Crippen LogP contribution in [0.1, 0.15) is 30.5 Å². The molecule has 2 rings (SSSR count). The van der Waals surface area contributed by atoms with Gasteiger partial charge in [-0.3, -0.25) is 19.3 Å². The number of carbonyl (C=O) groups is 2. The third kappa shape index (κ3) is 6.48. The molecule has 150 valence electrons. The van der Waals surface area contributed by atoms with E-state index in [0.717, 1.165) is 11.1 Å². The fourth-order valence-electron chi connectivity index (χ4n) is 2.98. The van der Waals surface area contributed by atoms with Gasteiger partial charge in [-0.25, -0.2) is 5.06 Å². The number of amides is 1. The van der Waals surface area contributed by atoms with E-state index in [9.17, 15) is 9.59 Å². The first kappa shape index (κ1) is 21.6. The van der Waals surface area contributed by atoms with Gasteiger partial charge in [0, 0.05) is 19.6 Å². The van der Waals surface area contributed by atoms with Crippen LogP contribution in [0.3, 0.4) is 0 Å². The molecule has 0 spiro atoms. The molecule has 1 atom stereocenters. The first-order valence-electron chi connectivity index (χ1n) is 9.34. The molecule has 2 aromatic carbocycles. The molecule has 6 nitrogen and oxygen atoms in total. The summed E-state index contributed by atoms with van der Waals surface area (Å²) < 4.78 is 5.18. The fraction of sp³-hybridized carbons (Fsp3) is 0.364. The van der Waals surface area contributed by atoms with Crippen molar-refractivity contribution in [1.29, 1.82) is 0 Å². The van der Waals surface area contributed by atoms with Gasteiger partial charge in [0.05, 0.1) is 26.7 Å². The van der Waals surface area contributed by atoms with Gasteiger partial charge in [-0.1, -0.05) is 60.7 Å². The topological polar surface area (TPSA) is 59.1 Å². The van der Waals surface area contributed by atoms with E-state index in [2.05, 4.69) is 0 Å². The summed E-state index contributed by atoms with van der Waals surface area (Å²) in [5, 5.41) is 1.20. The van der Waals surface area contributed by atoms with Crippen molar-refractivity contribution in [2.24, 2.45) is 0 Å². The summed E-state index contributed by atoms with van der Waals surface area (Å²) in [5.74, 6) is -0.481. The van der Waals surface area contributed by atoms with Gasteiger partial charge < -0.3 is 4.74 Å². The molecule has 0 fully saturated rings. The molecule has 0 heterocycles. The number of esters is 1. The van der Waals surface area contributed by atoms with Crippen molar-refractivity contribution < 1.29 is 19.2 Å². The summed E-state index contributed by atoms with van der Waals surface area (Å²) >= 11 is 0. The van der Waals surface area contributed by atoms with Crippen molar-refractivity contribution in [3.05, 3.63) is 71.8 Å². The Morgan fingerprint density at radius 1 is 1.00 bits per heavy atom. The molecule has 0 aromatic heterocycles. The lowest BCUT2D eigenvalue weighted by atomic mass is 10.0. The maximum Gasteiger partial charge on any atom is 0.307 e. The number of likely N-dealkylation sites (N-methyl/N-ethyl adjacent to an activating group) is 1. The minimum absolute atomic E-state index is 0.109. The molecule has 0 N–H and O–H groups in total. The van der Waals surface area contributed by atoms with Crippen LogP contribution < -0.4 is 0 Å². The van der Waals surface area contributed by atoms with Crippen molar-refractivity contribution in [2.45, 2.75) is 25.9 Å². The van der Waals surface area contributed by atoms with Crippen LogP contribution in [-0.2, 0) is 25.7 Å². The third-order valence-electron chi connectivity index (χ3n) is 4.48. The molecule has 2 aromatic rings. The summed E-state index contributed by atoms with van der Waals surface area (Å²) in [6.45, 7) is 2.74. The van der Waals surface area contributed by atoms with Gasteiger partial charge in [-0.05, 0) is 18.1 Å². The highest BCUT2D eigenvalue weighted by atomic mass is 16.7. The standard InChI is InChI=1S/C22H28N2O4/c1-4-28-22(26)15-20(19-13-9-6-10-14-19)24(17-21(25)23(2)27-3)16-18-11-7-5-8-12-18/h5-14,20H,4,15-17H2,1-3H3/t20-/m0/s1. The van der Waals surface area contributed by atoms with Gasteiger partial charge >= 0.3 is 5.97 Å². The van der Waals surface area contributed by atoms with Crippen molar-refractivity contribution in [2.75, 3.05) is 27.3 Å². The summed E-state index contributed by atoms with van der Waals surface area (Å²) in [6.07, 6.45) is 0.161. The van der Waals surface area contributed by atoms with Crippen molar-refractivity contribution in [3.8, 4) is 0 Å². The smallest absolute Gasteiger partial charge is 0.307 e. The van der Waals surface area contributed by atoms with E-state index >= 15 is 0 Å². The molecule has 6 heteroatoms. The molecule has 1 amide bonds. The van der Waals surface area contributed by atoms with E-state index in [1.165, 1.54) is 12.2 Å². The van der Waals surface area contributed by atoms with Crippen molar-refractivity contribution >= 4 is 11.9 Å². The normalized spacial score (nSPS) is 11.9. The zero-order valence-electron chi connectivity index (χ0n) is 16.7. The zero-order chi connectivity index (χ0) is 20.4. The summed E-state index contributed by atoms with van der Waals surface area (Å²) in [6, 6.07) is 19.3. The minimum atomic E-state index is -0.297. The Bertz CT molecular complexity index is 737. The SMILES string of the molecule is CCOC(=O)C[C@@H](c1ccccc1)N(CC(=O)N(C)OC)Cc1ccccc1. The minimum Gasteiger partial charge on any atom is -0.466 e. The largest absolute Gasteiger partial charge is 0.466 e. The molecule has 0 unspecified atom stereocenters. The first-order valence-corrected chi connectivity index (χ1v) is 9.34. The van der Waals surface area contributed by atoms with Gasteiger partial charge in [-0.15, -0.1) is 0 Å². The predicted octanol–water partition coefficient (Wildman–Crippen LogP) is 3.20. The summed E-state index contributed by atoms with van der Waals surface area (Å²) in [7, 11) is 3.03. The lowest BCUT2D eigenvalue weighted by Crippen LogP contribution is -2.40. The molecule has 28 heavy (non-hydrogen) atoms. The van der Waals surface area contributed by atoms with Crippen molar-refractivity contribution in [3.63, 3.8) is 0 Å². The molecule has 0 bridgehead atoms. The number of rotatable bonds is 10. The Balaban J connectivity index is 2.34. The first-order chi connectivity index (χ1) is 13.5. The van der Waals surface area contributed by atoms with Crippen LogP contribution in [-0.4, -0.2) is 49.1 Å². The Morgan fingerprint density at radius 3 is 2.18 bits per heavy atom. The predicted molar refractivity (Wildman–Crippen MR) is 107 cm³/mol. The highest BCUT2D eigenvalue weighted by Gasteiger charge is 2.27. The lowest BCUT2D eigenvalue weighted by molar-refractivity contribution is -0.171. The molecule has 0 aliphatic heterocycles. The quantitative estimate of drug-likeness (QED) is 0.465. The van der Waals surface area contributed by atoms with Crippen LogP contribution in [0.25, 0.3) is 0 Å². The Labute approximate surface area is 166 Å². The molecular formula is C22H28N2O4. The fourth-order valence-corrected chi connectivity index (χ4v) is 2.98. The van der Waals surface area contributed by atoms with Crippen LogP contribution in [0.2, 0.25) is 0 Å². The molecule has 0 radical (unpaired) electrons. The molecule has 0 saturated heterocycles. The Morgan fingerprint density at radius 2 is 1.61 bits per heavy atom. The van der Waals surface area contributed by atoms with Crippen molar-refractivity contribution in [1.82, 2.24) is 9.96 Å². The van der Waals surface area contributed by atoms with Crippen LogP contribution in [0.4, 0.5) is 0 Å². The average Bonchev–Trinajstić information content (AvgIpc) is 2.72. The van der Waals surface area contributed by atoms with Gasteiger partial charge in [-0.2, -0.15) is 0 Å². The van der Waals surface area contributed by atoms with Gasteiger partial charge in [0.25, 0.3) is 5.91 Å². The number of carbonyl (C=O) groups excluding carboxylic acids is 2. The van der Waals surface area contributed by atoms with E-state index < -0.39 is 0 Å². The van der Waals surface area contributed by atoms with Gasteiger partial charge in [0.2, 0.25) is 0 Å². The Kier molecular flexibility index (Phi) is 8.65. The van der Waals surface area contributed by atoms with E-state index in [-0.39, 0.29) is 30.9 Å². The number of ether oxygens (including phenoxy) is 1. The van der Waals surface area contributed by atoms with E-state index in [1.54, 1.807) is 14.0 Å². The molecule has 0 aliphatic carbocycles. The highest BCUT2D eigenvalue weighted by Crippen LogP contribution is 2.27. The van der Waals surface area contributed by atoms with Crippen LogP contribution in [0.5, 0.6) is 0 Å². The van der Waals surface area contributed by atoms with Crippen LogP contribution in [0, 0.1) is 0 Å². The summed E-state index contributed by atoms with van der Waals surface area (Å²) in [4.78, 5) is 31.9. The zero-order valence-corrected chi connectivity index (χ0v) is 16.7. The van der Waals surface area contributed by atoms with E-state index in [1.807, 2.05) is 65.6 Å². The van der Waals surface area contributed by atoms with E-state index in [4.69, 9.17) is 9.57 Å². The molecule has 0 aliphatic rings. The second-order valence-electron chi connectivity index (χ2n) is 6.40. The third-order valence-corrected chi connectivity index (χ3v) is 4.48. The average molecular weight is 384 g/mol. The molecule has 0 saturated carbocycles.